The van der Waals surface area contributed by atoms with Gasteiger partial charge in [-0.3, -0.25) is 9.69 Å². The molecule has 27 heavy (non-hydrogen) atoms. The fraction of sp³-hybridized carbons (Fsp3) is 0.150. The zero-order chi connectivity index (χ0) is 18.8. The smallest absolute Gasteiger partial charge is 0.321 e. The third-order valence-corrected chi connectivity index (χ3v) is 4.55. The van der Waals surface area contributed by atoms with E-state index in [0.717, 1.165) is 17.1 Å². The molecular formula is C20H19N5O2. The van der Waals surface area contributed by atoms with Gasteiger partial charge in [-0.2, -0.15) is 5.10 Å². The number of carbonyl (C=O) groups is 2. The second-order valence-electron chi connectivity index (χ2n) is 6.28. The van der Waals surface area contributed by atoms with Crippen molar-refractivity contribution in [1.29, 1.82) is 0 Å². The van der Waals surface area contributed by atoms with Gasteiger partial charge in [0.25, 0.3) is 5.91 Å². The third kappa shape index (κ3) is 3.27. The van der Waals surface area contributed by atoms with E-state index >= 15 is 0 Å². The Bertz CT molecular complexity index is 979. The minimum absolute atomic E-state index is 0.101. The van der Waals surface area contributed by atoms with Crippen molar-refractivity contribution in [2.75, 3.05) is 23.3 Å². The molecule has 0 radical (unpaired) electrons. The minimum Gasteiger partial charge on any atom is -0.336 e. The number of nitrogens with one attached hydrogen (secondary N) is 2. The summed E-state index contributed by atoms with van der Waals surface area (Å²) in [6.07, 6.45) is 1.57. The lowest BCUT2D eigenvalue weighted by molar-refractivity contribution is 0.102. The summed E-state index contributed by atoms with van der Waals surface area (Å²) < 4.78 is 1.74. The summed E-state index contributed by atoms with van der Waals surface area (Å²) in [7, 11) is 0. The fourth-order valence-corrected chi connectivity index (χ4v) is 3.10. The zero-order valence-corrected chi connectivity index (χ0v) is 14.8. The molecule has 1 aromatic heterocycles. The molecule has 7 nitrogen and oxygen atoms in total. The quantitative estimate of drug-likeness (QED) is 0.750. The lowest BCUT2D eigenvalue weighted by atomic mass is 10.2. The van der Waals surface area contributed by atoms with Crippen molar-refractivity contribution in [3.8, 4) is 5.69 Å². The Morgan fingerprint density at radius 2 is 1.81 bits per heavy atom. The predicted molar refractivity (Wildman–Crippen MR) is 103 cm³/mol. The monoisotopic (exact) mass is 361 g/mol. The van der Waals surface area contributed by atoms with Crippen LogP contribution in [0.2, 0.25) is 0 Å². The van der Waals surface area contributed by atoms with E-state index in [0.29, 0.717) is 24.3 Å². The fourth-order valence-electron chi connectivity index (χ4n) is 3.10. The van der Waals surface area contributed by atoms with E-state index in [9.17, 15) is 9.59 Å². The van der Waals surface area contributed by atoms with Crippen LogP contribution in [0, 0.1) is 6.92 Å². The van der Waals surface area contributed by atoms with Gasteiger partial charge in [-0.05, 0) is 43.3 Å². The second-order valence-corrected chi connectivity index (χ2v) is 6.28. The van der Waals surface area contributed by atoms with Crippen LogP contribution < -0.4 is 15.5 Å². The van der Waals surface area contributed by atoms with Crippen LogP contribution in [-0.4, -0.2) is 34.8 Å². The number of benzene rings is 2. The first-order valence-electron chi connectivity index (χ1n) is 8.70. The molecule has 3 aromatic rings. The van der Waals surface area contributed by atoms with Crippen molar-refractivity contribution in [3.63, 3.8) is 0 Å². The van der Waals surface area contributed by atoms with Crippen LogP contribution in [0.25, 0.3) is 5.69 Å². The molecule has 1 saturated heterocycles. The van der Waals surface area contributed by atoms with Gasteiger partial charge in [-0.15, -0.1) is 0 Å². The van der Waals surface area contributed by atoms with Crippen molar-refractivity contribution in [1.82, 2.24) is 15.1 Å². The van der Waals surface area contributed by atoms with Crippen molar-refractivity contribution >= 4 is 23.3 Å². The SMILES string of the molecule is Cc1c(C(=O)Nc2ccc(N3CCNC3=O)cc2)cnn1-c1ccccc1. The van der Waals surface area contributed by atoms with Gasteiger partial charge in [0.1, 0.15) is 0 Å². The first kappa shape index (κ1) is 16.8. The van der Waals surface area contributed by atoms with E-state index in [2.05, 4.69) is 15.7 Å². The van der Waals surface area contributed by atoms with E-state index in [4.69, 9.17) is 0 Å². The summed E-state index contributed by atoms with van der Waals surface area (Å²) in [5.74, 6) is -0.221. The Morgan fingerprint density at radius 1 is 1.07 bits per heavy atom. The van der Waals surface area contributed by atoms with Crippen LogP contribution >= 0.6 is 0 Å². The molecule has 0 saturated carbocycles. The second kappa shape index (κ2) is 6.95. The molecule has 0 aliphatic carbocycles. The maximum Gasteiger partial charge on any atom is 0.321 e. The average molecular weight is 361 g/mol. The van der Waals surface area contributed by atoms with Gasteiger partial charge in [-0.25, -0.2) is 9.48 Å². The molecule has 0 atom stereocenters. The first-order chi connectivity index (χ1) is 13.1. The molecule has 1 aliphatic heterocycles. The molecule has 1 fully saturated rings. The van der Waals surface area contributed by atoms with E-state index in [-0.39, 0.29) is 11.9 Å². The maximum absolute atomic E-state index is 12.6. The minimum atomic E-state index is -0.221. The first-order valence-corrected chi connectivity index (χ1v) is 8.70. The zero-order valence-electron chi connectivity index (χ0n) is 14.8. The number of amides is 3. The summed E-state index contributed by atoms with van der Waals surface area (Å²) >= 11 is 0. The van der Waals surface area contributed by atoms with Gasteiger partial charge in [0.05, 0.1) is 23.1 Å². The van der Waals surface area contributed by atoms with Gasteiger partial charge in [0.2, 0.25) is 0 Å². The van der Waals surface area contributed by atoms with Gasteiger partial charge in [0, 0.05) is 24.5 Å². The molecule has 4 rings (SSSR count). The number of para-hydroxylation sites is 1. The number of carbonyl (C=O) groups excluding carboxylic acids is 2. The number of hydrogen-bond acceptors (Lipinski definition) is 3. The molecule has 0 bridgehead atoms. The number of hydrogen-bond donors (Lipinski definition) is 2. The molecule has 136 valence electrons. The molecule has 1 aliphatic rings. The van der Waals surface area contributed by atoms with Gasteiger partial charge in [0.15, 0.2) is 0 Å². The number of anilines is 2. The summed E-state index contributed by atoms with van der Waals surface area (Å²) in [5.41, 5.74) is 3.65. The van der Waals surface area contributed by atoms with Crippen molar-refractivity contribution in [2.24, 2.45) is 0 Å². The van der Waals surface area contributed by atoms with E-state index in [1.807, 2.05) is 49.4 Å². The van der Waals surface area contributed by atoms with E-state index in [1.54, 1.807) is 27.9 Å². The molecular weight excluding hydrogens is 342 g/mol. The highest BCUT2D eigenvalue weighted by atomic mass is 16.2. The summed E-state index contributed by atoms with van der Waals surface area (Å²) in [5, 5.41) is 9.98. The predicted octanol–water partition coefficient (Wildman–Crippen LogP) is 2.96. The van der Waals surface area contributed by atoms with Crippen molar-refractivity contribution in [3.05, 3.63) is 72.1 Å². The molecule has 3 amide bonds. The number of nitrogens with zero attached hydrogens (tertiary/aromatic N) is 3. The van der Waals surface area contributed by atoms with E-state index < -0.39 is 0 Å². The topological polar surface area (TPSA) is 79.3 Å². The summed E-state index contributed by atoms with van der Waals surface area (Å²) in [4.78, 5) is 26.0. The van der Waals surface area contributed by atoms with Gasteiger partial charge in [-0.1, -0.05) is 18.2 Å². The van der Waals surface area contributed by atoms with Crippen LogP contribution in [0.1, 0.15) is 16.1 Å². The Labute approximate surface area is 156 Å². The molecule has 7 heteroatoms. The molecule has 2 heterocycles. The van der Waals surface area contributed by atoms with Crippen molar-refractivity contribution < 1.29 is 9.59 Å². The Balaban J connectivity index is 1.50. The largest absolute Gasteiger partial charge is 0.336 e. The maximum atomic E-state index is 12.6. The Hall–Kier alpha value is -3.61. The van der Waals surface area contributed by atoms with Crippen molar-refractivity contribution in [2.45, 2.75) is 6.92 Å². The summed E-state index contributed by atoms with van der Waals surface area (Å²) in [6.45, 7) is 3.15. The highest BCUT2D eigenvalue weighted by Gasteiger charge is 2.21. The Kier molecular flexibility index (Phi) is 4.33. The summed E-state index contributed by atoms with van der Waals surface area (Å²) in [6, 6.07) is 16.8. The lowest BCUT2D eigenvalue weighted by Gasteiger charge is -2.14. The highest BCUT2D eigenvalue weighted by molar-refractivity contribution is 6.05. The lowest BCUT2D eigenvalue weighted by Crippen LogP contribution is -2.27. The molecule has 2 aromatic carbocycles. The standard InChI is InChI=1S/C20H19N5O2/c1-14-18(13-22-25(14)17-5-3-2-4-6-17)19(26)23-15-7-9-16(10-8-15)24-12-11-21-20(24)27/h2-10,13H,11-12H2,1H3,(H,21,27)(H,23,26). The van der Waals surface area contributed by atoms with Gasteiger partial charge >= 0.3 is 6.03 Å². The Morgan fingerprint density at radius 3 is 2.48 bits per heavy atom. The van der Waals surface area contributed by atoms with E-state index in [1.165, 1.54) is 0 Å². The molecule has 0 spiro atoms. The molecule has 2 N–H and O–H groups in total. The van der Waals surface area contributed by atoms with Crippen LogP contribution in [0.3, 0.4) is 0 Å². The van der Waals surface area contributed by atoms with Gasteiger partial charge < -0.3 is 10.6 Å². The third-order valence-electron chi connectivity index (χ3n) is 4.55. The molecule has 0 unspecified atom stereocenters. The van der Waals surface area contributed by atoms with Crippen LogP contribution in [0.5, 0.6) is 0 Å². The normalized spacial score (nSPS) is 13.5. The van der Waals surface area contributed by atoms with Crippen LogP contribution in [0.15, 0.2) is 60.8 Å². The van der Waals surface area contributed by atoms with Crippen LogP contribution in [0.4, 0.5) is 16.2 Å². The number of aromatic nitrogens is 2. The number of rotatable bonds is 4. The van der Waals surface area contributed by atoms with Crippen LogP contribution in [-0.2, 0) is 0 Å². The highest BCUT2D eigenvalue weighted by Crippen LogP contribution is 2.21. The average Bonchev–Trinajstić information content (AvgIpc) is 3.29. The number of urea groups is 1.